The molecule has 186 valence electrons. The molecule has 1 saturated heterocycles. The van der Waals surface area contributed by atoms with E-state index in [1.807, 2.05) is 48.2 Å². The number of likely N-dealkylation sites (tertiary alicyclic amines) is 1. The number of rotatable bonds is 11. The Morgan fingerprint density at radius 2 is 2.06 bits per heavy atom. The van der Waals surface area contributed by atoms with Gasteiger partial charge in [0.2, 0.25) is 0 Å². The van der Waals surface area contributed by atoms with Crippen LogP contribution in [0.15, 0.2) is 65.7 Å². The SMILES string of the molecule is COc1ccc2nccc([C@@H](F)CC[C@@H]3CCN(CCSc4ccccc4)C[C@@H]3CC(=O)O)c2c1. The molecule has 0 aliphatic carbocycles. The number of ether oxygens (including phenoxy) is 1. The summed E-state index contributed by atoms with van der Waals surface area (Å²) in [6, 6.07) is 17.6. The molecule has 0 bridgehead atoms. The molecule has 1 aliphatic heterocycles. The summed E-state index contributed by atoms with van der Waals surface area (Å²) in [4.78, 5) is 19.5. The largest absolute Gasteiger partial charge is 0.497 e. The number of aliphatic carboxylic acids is 1. The molecule has 2 aromatic carbocycles. The molecule has 1 aliphatic rings. The second-order valence-electron chi connectivity index (χ2n) is 9.20. The van der Waals surface area contributed by atoms with Gasteiger partial charge in [0.05, 0.1) is 12.6 Å². The molecule has 0 amide bonds. The quantitative estimate of drug-likeness (QED) is 0.317. The van der Waals surface area contributed by atoms with E-state index in [2.05, 4.69) is 22.0 Å². The van der Waals surface area contributed by atoms with Crippen LogP contribution in [0.3, 0.4) is 0 Å². The molecular formula is C28H33FN2O3S. The molecule has 1 N–H and O–H groups in total. The normalized spacial score (nSPS) is 19.5. The minimum Gasteiger partial charge on any atom is -0.497 e. The van der Waals surface area contributed by atoms with Gasteiger partial charge in [-0.15, -0.1) is 11.8 Å². The van der Waals surface area contributed by atoms with Gasteiger partial charge in [0.1, 0.15) is 11.9 Å². The molecule has 0 radical (unpaired) electrons. The van der Waals surface area contributed by atoms with E-state index >= 15 is 4.39 Å². The highest BCUT2D eigenvalue weighted by Crippen LogP contribution is 2.36. The number of hydrogen-bond acceptors (Lipinski definition) is 5. The number of methoxy groups -OCH3 is 1. The van der Waals surface area contributed by atoms with Gasteiger partial charge < -0.3 is 14.7 Å². The Balaban J connectivity index is 1.35. The first-order valence-electron chi connectivity index (χ1n) is 12.2. The number of alkyl halides is 1. The summed E-state index contributed by atoms with van der Waals surface area (Å²) in [7, 11) is 1.60. The summed E-state index contributed by atoms with van der Waals surface area (Å²) in [5, 5.41) is 10.3. The number of pyridine rings is 1. The Morgan fingerprint density at radius 3 is 2.83 bits per heavy atom. The fraction of sp³-hybridized carbons (Fsp3) is 0.429. The topological polar surface area (TPSA) is 62.7 Å². The smallest absolute Gasteiger partial charge is 0.303 e. The lowest BCUT2D eigenvalue weighted by molar-refractivity contribution is -0.139. The average Bonchev–Trinajstić information content (AvgIpc) is 2.87. The van der Waals surface area contributed by atoms with Crippen molar-refractivity contribution in [3.05, 3.63) is 66.4 Å². The van der Waals surface area contributed by atoms with Crippen LogP contribution in [0.5, 0.6) is 5.75 Å². The number of fused-ring (bicyclic) bond motifs is 1. The van der Waals surface area contributed by atoms with Crippen LogP contribution < -0.4 is 4.74 Å². The van der Waals surface area contributed by atoms with Crippen LogP contribution in [0.1, 0.15) is 37.4 Å². The van der Waals surface area contributed by atoms with E-state index in [1.165, 1.54) is 4.90 Å². The van der Waals surface area contributed by atoms with Crippen LogP contribution in [-0.4, -0.2) is 53.5 Å². The number of carbonyl (C=O) groups is 1. The summed E-state index contributed by atoms with van der Waals surface area (Å²) in [5.41, 5.74) is 1.37. The van der Waals surface area contributed by atoms with E-state index in [1.54, 1.807) is 19.4 Å². The van der Waals surface area contributed by atoms with Gasteiger partial charge in [-0.2, -0.15) is 0 Å². The van der Waals surface area contributed by atoms with Gasteiger partial charge in [0.25, 0.3) is 0 Å². The maximum absolute atomic E-state index is 15.5. The summed E-state index contributed by atoms with van der Waals surface area (Å²) in [6.07, 6.45) is 2.62. The standard InChI is InChI=1S/C28H33FN2O3S/c1-34-22-8-10-27-25(18-22)24(11-13-30-27)26(29)9-7-20-12-14-31(19-21(20)17-28(32)33)15-16-35-23-5-3-2-4-6-23/h2-6,8,10-11,13,18,20-21,26H,7,9,12,14-17,19H2,1H3,(H,32,33)/t20-,21+,26+/m1/s1. The molecule has 35 heavy (non-hydrogen) atoms. The monoisotopic (exact) mass is 496 g/mol. The van der Waals surface area contributed by atoms with Crippen molar-refractivity contribution in [2.45, 2.75) is 36.8 Å². The number of hydrogen-bond donors (Lipinski definition) is 1. The lowest BCUT2D eigenvalue weighted by Crippen LogP contribution is -2.42. The number of nitrogens with zero attached hydrogens (tertiary/aromatic N) is 2. The molecule has 7 heteroatoms. The van der Waals surface area contributed by atoms with Crippen molar-refractivity contribution < 1.29 is 19.0 Å². The van der Waals surface area contributed by atoms with E-state index in [0.717, 1.165) is 42.7 Å². The number of carboxylic acids is 1. The number of benzene rings is 2. The molecule has 3 aromatic rings. The molecule has 2 heterocycles. The summed E-state index contributed by atoms with van der Waals surface area (Å²) in [5.74, 6) is 1.14. The van der Waals surface area contributed by atoms with Crippen LogP contribution in [0.2, 0.25) is 0 Å². The van der Waals surface area contributed by atoms with Crippen molar-refractivity contribution in [3.8, 4) is 5.75 Å². The third kappa shape index (κ3) is 6.95. The van der Waals surface area contributed by atoms with Crippen molar-refractivity contribution in [3.63, 3.8) is 0 Å². The fourth-order valence-electron chi connectivity index (χ4n) is 5.07. The van der Waals surface area contributed by atoms with E-state index in [4.69, 9.17) is 4.74 Å². The lowest BCUT2D eigenvalue weighted by atomic mass is 9.79. The van der Waals surface area contributed by atoms with Gasteiger partial charge in [-0.3, -0.25) is 9.78 Å². The van der Waals surface area contributed by atoms with Crippen LogP contribution >= 0.6 is 11.8 Å². The minimum atomic E-state index is -1.13. The van der Waals surface area contributed by atoms with Crippen molar-refractivity contribution in [2.75, 3.05) is 32.5 Å². The van der Waals surface area contributed by atoms with Gasteiger partial charge in [-0.25, -0.2) is 4.39 Å². The number of carboxylic acid groups (broad SMARTS) is 1. The molecule has 1 aromatic heterocycles. The van der Waals surface area contributed by atoms with E-state index in [-0.39, 0.29) is 18.3 Å². The summed E-state index contributed by atoms with van der Waals surface area (Å²) < 4.78 is 20.8. The number of thioether (sulfide) groups is 1. The highest BCUT2D eigenvalue weighted by molar-refractivity contribution is 7.99. The molecule has 0 saturated carbocycles. The number of halogens is 1. The van der Waals surface area contributed by atoms with Crippen molar-refractivity contribution >= 4 is 28.6 Å². The zero-order valence-corrected chi connectivity index (χ0v) is 20.9. The fourth-order valence-corrected chi connectivity index (χ4v) is 6.00. The molecule has 5 nitrogen and oxygen atoms in total. The van der Waals surface area contributed by atoms with Crippen molar-refractivity contribution in [1.29, 1.82) is 0 Å². The summed E-state index contributed by atoms with van der Waals surface area (Å²) >= 11 is 1.82. The van der Waals surface area contributed by atoms with Gasteiger partial charge in [0, 0.05) is 41.7 Å². The molecular weight excluding hydrogens is 463 g/mol. The predicted molar refractivity (Wildman–Crippen MR) is 139 cm³/mol. The molecule has 3 atom stereocenters. The first kappa shape index (κ1) is 25.5. The Labute approximate surface area is 210 Å². The zero-order chi connectivity index (χ0) is 24.6. The Bertz CT molecular complexity index is 1110. The van der Waals surface area contributed by atoms with Crippen LogP contribution in [0.4, 0.5) is 4.39 Å². The van der Waals surface area contributed by atoms with E-state index in [9.17, 15) is 9.90 Å². The maximum Gasteiger partial charge on any atom is 0.303 e. The maximum atomic E-state index is 15.5. The van der Waals surface area contributed by atoms with Crippen LogP contribution in [-0.2, 0) is 4.79 Å². The Kier molecular flexibility index (Phi) is 8.99. The zero-order valence-electron chi connectivity index (χ0n) is 20.1. The van der Waals surface area contributed by atoms with Gasteiger partial charge in [0.15, 0.2) is 0 Å². The summed E-state index contributed by atoms with van der Waals surface area (Å²) in [6.45, 7) is 2.63. The minimum absolute atomic E-state index is 0.0458. The third-order valence-electron chi connectivity index (χ3n) is 6.94. The van der Waals surface area contributed by atoms with Gasteiger partial charge >= 0.3 is 5.97 Å². The first-order valence-corrected chi connectivity index (χ1v) is 13.2. The van der Waals surface area contributed by atoms with Gasteiger partial charge in [-0.1, -0.05) is 18.2 Å². The van der Waals surface area contributed by atoms with Crippen LogP contribution in [0, 0.1) is 11.8 Å². The van der Waals surface area contributed by atoms with E-state index < -0.39 is 12.1 Å². The molecule has 0 unspecified atom stereocenters. The van der Waals surface area contributed by atoms with E-state index in [0.29, 0.717) is 24.2 Å². The second kappa shape index (κ2) is 12.4. The Morgan fingerprint density at radius 1 is 1.23 bits per heavy atom. The Hall–Kier alpha value is -2.64. The number of piperidine rings is 1. The van der Waals surface area contributed by atoms with Crippen molar-refractivity contribution in [1.82, 2.24) is 9.88 Å². The predicted octanol–water partition coefficient (Wildman–Crippen LogP) is 6.24. The third-order valence-corrected chi connectivity index (χ3v) is 7.93. The second-order valence-corrected chi connectivity index (χ2v) is 10.4. The average molecular weight is 497 g/mol. The highest BCUT2D eigenvalue weighted by Gasteiger charge is 2.31. The lowest BCUT2D eigenvalue weighted by Gasteiger charge is -2.38. The number of aromatic nitrogens is 1. The molecule has 1 fully saturated rings. The van der Waals surface area contributed by atoms with Crippen LogP contribution in [0.25, 0.3) is 10.9 Å². The van der Waals surface area contributed by atoms with Crippen molar-refractivity contribution in [2.24, 2.45) is 11.8 Å². The molecule has 0 spiro atoms. The highest BCUT2D eigenvalue weighted by atomic mass is 32.2. The van der Waals surface area contributed by atoms with Gasteiger partial charge in [-0.05, 0) is 79.6 Å². The molecule has 4 rings (SSSR count). The first-order chi connectivity index (χ1) is 17.0.